The van der Waals surface area contributed by atoms with Gasteiger partial charge in [-0.3, -0.25) is 4.79 Å². The van der Waals surface area contributed by atoms with Gasteiger partial charge in [0, 0.05) is 45.7 Å². The van der Waals surface area contributed by atoms with Crippen LogP contribution in [0.2, 0.25) is 0 Å². The Morgan fingerprint density at radius 2 is 1.67 bits per heavy atom. The molecule has 1 saturated carbocycles. The van der Waals surface area contributed by atoms with E-state index in [9.17, 15) is 13.2 Å². The molecule has 0 radical (unpaired) electrons. The summed E-state index contributed by atoms with van der Waals surface area (Å²) in [5.74, 6) is 0.837. The first-order valence-corrected chi connectivity index (χ1v) is 10.8. The van der Waals surface area contributed by atoms with Crippen molar-refractivity contribution < 1.29 is 13.2 Å². The normalized spacial score (nSPS) is 30.4. The Kier molecular flexibility index (Phi) is 5.52. The van der Waals surface area contributed by atoms with Gasteiger partial charge in [0.05, 0.1) is 0 Å². The third kappa shape index (κ3) is 3.48. The van der Waals surface area contributed by atoms with Crippen LogP contribution in [-0.2, 0) is 15.0 Å². The minimum absolute atomic E-state index is 0.209. The molecule has 138 valence electrons. The SMILES string of the molecule is CN(C)S(=O)(=O)N1CC[C@@H]2[C@@H](CCCN2C(=O)C2CCCCC2)C1. The van der Waals surface area contributed by atoms with E-state index < -0.39 is 10.2 Å². The molecule has 3 rings (SSSR count). The zero-order valence-corrected chi connectivity index (χ0v) is 15.8. The maximum atomic E-state index is 13.0. The number of amides is 1. The average Bonchev–Trinajstić information content (AvgIpc) is 2.60. The van der Waals surface area contributed by atoms with E-state index in [-0.39, 0.29) is 17.9 Å². The number of fused-ring (bicyclic) bond motifs is 1. The molecule has 0 aromatic carbocycles. The van der Waals surface area contributed by atoms with E-state index >= 15 is 0 Å². The zero-order chi connectivity index (χ0) is 17.3. The molecule has 0 aromatic rings. The summed E-state index contributed by atoms with van der Waals surface area (Å²) in [6.07, 6.45) is 8.47. The van der Waals surface area contributed by atoms with Crippen LogP contribution in [0.3, 0.4) is 0 Å². The second-order valence-electron chi connectivity index (χ2n) is 7.77. The molecular formula is C17H31N3O3S. The van der Waals surface area contributed by atoms with Gasteiger partial charge in [-0.05, 0) is 38.0 Å². The van der Waals surface area contributed by atoms with E-state index in [1.807, 2.05) is 0 Å². The minimum Gasteiger partial charge on any atom is -0.339 e. The number of rotatable bonds is 3. The quantitative estimate of drug-likeness (QED) is 0.772. The van der Waals surface area contributed by atoms with E-state index in [2.05, 4.69) is 4.90 Å². The first kappa shape index (κ1) is 18.1. The van der Waals surface area contributed by atoms with E-state index in [1.54, 1.807) is 18.4 Å². The van der Waals surface area contributed by atoms with Gasteiger partial charge in [0.2, 0.25) is 5.91 Å². The van der Waals surface area contributed by atoms with Crippen LogP contribution in [0.15, 0.2) is 0 Å². The van der Waals surface area contributed by atoms with Gasteiger partial charge in [0.25, 0.3) is 10.2 Å². The Morgan fingerprint density at radius 3 is 2.33 bits per heavy atom. The van der Waals surface area contributed by atoms with Gasteiger partial charge in [-0.1, -0.05) is 19.3 Å². The predicted molar refractivity (Wildman–Crippen MR) is 93.6 cm³/mol. The summed E-state index contributed by atoms with van der Waals surface area (Å²) in [7, 11) is -0.176. The third-order valence-electron chi connectivity index (χ3n) is 6.06. The van der Waals surface area contributed by atoms with Crippen molar-refractivity contribution in [2.75, 3.05) is 33.7 Å². The average molecular weight is 358 g/mol. The summed E-state index contributed by atoms with van der Waals surface area (Å²) >= 11 is 0. The lowest BCUT2D eigenvalue weighted by Crippen LogP contribution is -2.58. The summed E-state index contributed by atoms with van der Waals surface area (Å²) < 4.78 is 27.7. The van der Waals surface area contributed by atoms with Crippen molar-refractivity contribution in [2.45, 2.75) is 57.4 Å². The van der Waals surface area contributed by atoms with Gasteiger partial charge in [-0.15, -0.1) is 0 Å². The molecule has 6 nitrogen and oxygen atoms in total. The molecule has 1 aliphatic carbocycles. The molecular weight excluding hydrogens is 326 g/mol. The van der Waals surface area contributed by atoms with Crippen molar-refractivity contribution in [2.24, 2.45) is 11.8 Å². The van der Waals surface area contributed by atoms with Crippen LogP contribution in [0.1, 0.15) is 51.4 Å². The van der Waals surface area contributed by atoms with Crippen LogP contribution in [0.5, 0.6) is 0 Å². The van der Waals surface area contributed by atoms with Crippen molar-refractivity contribution >= 4 is 16.1 Å². The van der Waals surface area contributed by atoms with Crippen LogP contribution < -0.4 is 0 Å². The molecule has 2 aliphatic heterocycles. The first-order chi connectivity index (χ1) is 11.4. The van der Waals surface area contributed by atoms with Crippen LogP contribution in [0, 0.1) is 11.8 Å². The summed E-state index contributed by atoms with van der Waals surface area (Å²) in [6.45, 7) is 1.94. The maximum Gasteiger partial charge on any atom is 0.281 e. The zero-order valence-electron chi connectivity index (χ0n) is 15.0. The lowest BCUT2D eigenvalue weighted by molar-refractivity contribution is -0.143. The van der Waals surface area contributed by atoms with Crippen LogP contribution in [-0.4, -0.2) is 67.6 Å². The molecule has 3 fully saturated rings. The van der Waals surface area contributed by atoms with Gasteiger partial charge in [0.15, 0.2) is 0 Å². The lowest BCUT2D eigenvalue weighted by atomic mass is 9.82. The van der Waals surface area contributed by atoms with Crippen LogP contribution in [0.25, 0.3) is 0 Å². The van der Waals surface area contributed by atoms with E-state index in [0.717, 1.165) is 38.6 Å². The Morgan fingerprint density at radius 1 is 0.958 bits per heavy atom. The molecule has 1 amide bonds. The van der Waals surface area contributed by atoms with Crippen molar-refractivity contribution in [3.05, 3.63) is 0 Å². The topological polar surface area (TPSA) is 60.9 Å². The number of hydrogen-bond donors (Lipinski definition) is 0. The fourth-order valence-electron chi connectivity index (χ4n) is 4.67. The summed E-state index contributed by atoms with van der Waals surface area (Å²) in [6, 6.07) is 0.238. The number of carbonyl (C=O) groups excluding carboxylic acids is 1. The second kappa shape index (κ2) is 7.30. The van der Waals surface area contributed by atoms with Crippen molar-refractivity contribution in [1.29, 1.82) is 0 Å². The molecule has 0 N–H and O–H groups in total. The Hall–Kier alpha value is -0.660. The Balaban J connectivity index is 1.68. The number of nitrogens with zero attached hydrogens (tertiary/aromatic N) is 3. The fraction of sp³-hybridized carbons (Fsp3) is 0.941. The number of likely N-dealkylation sites (tertiary alicyclic amines) is 1. The fourth-order valence-corrected chi connectivity index (χ4v) is 5.85. The monoisotopic (exact) mass is 357 g/mol. The smallest absolute Gasteiger partial charge is 0.281 e. The Labute approximate surface area is 146 Å². The molecule has 0 unspecified atom stereocenters. The highest BCUT2D eigenvalue weighted by Gasteiger charge is 2.42. The molecule has 2 atom stereocenters. The highest BCUT2D eigenvalue weighted by atomic mass is 32.2. The van der Waals surface area contributed by atoms with Gasteiger partial charge < -0.3 is 4.90 Å². The number of piperidine rings is 2. The van der Waals surface area contributed by atoms with Gasteiger partial charge in [-0.2, -0.15) is 17.0 Å². The molecule has 0 spiro atoms. The molecule has 2 heterocycles. The maximum absolute atomic E-state index is 13.0. The van der Waals surface area contributed by atoms with E-state index in [1.165, 1.54) is 23.6 Å². The second-order valence-corrected chi connectivity index (χ2v) is 9.92. The molecule has 3 aliphatic rings. The summed E-state index contributed by atoms with van der Waals surface area (Å²) in [5.41, 5.74) is 0. The number of hydrogen-bond acceptors (Lipinski definition) is 3. The summed E-state index contributed by atoms with van der Waals surface area (Å²) in [5, 5.41) is 0. The first-order valence-electron chi connectivity index (χ1n) is 9.39. The van der Waals surface area contributed by atoms with Crippen molar-refractivity contribution in [1.82, 2.24) is 13.5 Å². The molecule has 0 bridgehead atoms. The van der Waals surface area contributed by atoms with Crippen molar-refractivity contribution in [3.63, 3.8) is 0 Å². The lowest BCUT2D eigenvalue weighted by Gasteiger charge is -2.48. The highest BCUT2D eigenvalue weighted by Crippen LogP contribution is 2.35. The van der Waals surface area contributed by atoms with Crippen LogP contribution >= 0.6 is 0 Å². The molecule has 24 heavy (non-hydrogen) atoms. The minimum atomic E-state index is -3.35. The molecule has 0 aromatic heterocycles. The van der Waals surface area contributed by atoms with Gasteiger partial charge in [0.1, 0.15) is 0 Å². The molecule has 7 heteroatoms. The van der Waals surface area contributed by atoms with Gasteiger partial charge >= 0.3 is 0 Å². The predicted octanol–water partition coefficient (Wildman–Crippen LogP) is 1.69. The largest absolute Gasteiger partial charge is 0.339 e. The standard InChI is InChI=1S/C17H31N3O3S/c1-18(2)24(22,23)19-12-10-16-15(13-19)9-6-11-20(16)17(21)14-7-4-3-5-8-14/h14-16H,3-13H2,1-2H3/t15-,16+/m0/s1. The highest BCUT2D eigenvalue weighted by molar-refractivity contribution is 7.86. The van der Waals surface area contributed by atoms with Crippen LogP contribution in [0.4, 0.5) is 0 Å². The van der Waals surface area contributed by atoms with E-state index in [0.29, 0.717) is 19.0 Å². The summed E-state index contributed by atoms with van der Waals surface area (Å²) in [4.78, 5) is 15.1. The van der Waals surface area contributed by atoms with E-state index in [4.69, 9.17) is 0 Å². The molecule has 2 saturated heterocycles. The van der Waals surface area contributed by atoms with Gasteiger partial charge in [-0.25, -0.2) is 0 Å². The third-order valence-corrected chi connectivity index (χ3v) is 7.96. The van der Waals surface area contributed by atoms with Crippen molar-refractivity contribution in [3.8, 4) is 0 Å². The number of carbonyl (C=O) groups is 1. The Bertz CT molecular complexity index is 557.